The van der Waals surface area contributed by atoms with Crippen molar-refractivity contribution < 1.29 is 8.42 Å². The van der Waals surface area contributed by atoms with E-state index >= 15 is 0 Å². The Morgan fingerprint density at radius 3 is 2.59 bits per heavy atom. The summed E-state index contributed by atoms with van der Waals surface area (Å²) in [6.07, 6.45) is 6.55. The molecule has 1 rings (SSSR count). The van der Waals surface area contributed by atoms with Gasteiger partial charge < -0.3 is 0 Å². The van der Waals surface area contributed by atoms with E-state index in [-0.39, 0.29) is 13.1 Å². The molecule has 0 fully saturated rings. The van der Waals surface area contributed by atoms with Gasteiger partial charge in [-0.25, -0.2) is 0 Å². The molecular formula is C12H14N2O2S. The highest BCUT2D eigenvalue weighted by atomic mass is 32.2. The molecule has 0 aliphatic heterocycles. The molecule has 1 N–H and O–H groups in total. The Labute approximate surface area is 102 Å². The SMILES string of the molecule is C#CCNS(=O)(=O)N(CC=C)c1ccccc1. The second-order valence-corrected chi connectivity index (χ2v) is 4.87. The average Bonchev–Trinajstić information content (AvgIpc) is 2.34. The zero-order valence-electron chi connectivity index (χ0n) is 9.33. The molecule has 0 aliphatic rings. The molecule has 90 valence electrons. The third-order valence-electron chi connectivity index (χ3n) is 1.99. The van der Waals surface area contributed by atoms with Crippen LogP contribution in [0.15, 0.2) is 43.0 Å². The van der Waals surface area contributed by atoms with Crippen molar-refractivity contribution in [2.45, 2.75) is 0 Å². The van der Waals surface area contributed by atoms with Crippen LogP contribution in [0.2, 0.25) is 0 Å². The van der Waals surface area contributed by atoms with Gasteiger partial charge in [0, 0.05) is 0 Å². The van der Waals surface area contributed by atoms with E-state index in [1.54, 1.807) is 24.3 Å². The zero-order valence-corrected chi connectivity index (χ0v) is 10.2. The summed E-state index contributed by atoms with van der Waals surface area (Å²) in [7, 11) is -3.63. The van der Waals surface area contributed by atoms with Crippen molar-refractivity contribution >= 4 is 15.9 Å². The summed E-state index contributed by atoms with van der Waals surface area (Å²) in [5, 5.41) is 0. The quantitative estimate of drug-likeness (QED) is 0.608. The Morgan fingerprint density at radius 1 is 1.41 bits per heavy atom. The van der Waals surface area contributed by atoms with Crippen LogP contribution in [0.5, 0.6) is 0 Å². The molecule has 0 heterocycles. The lowest BCUT2D eigenvalue weighted by molar-refractivity contribution is 0.582. The first-order chi connectivity index (χ1) is 8.11. The molecule has 17 heavy (non-hydrogen) atoms. The van der Waals surface area contributed by atoms with Crippen LogP contribution in [-0.4, -0.2) is 21.5 Å². The van der Waals surface area contributed by atoms with Crippen LogP contribution in [0.25, 0.3) is 0 Å². The molecule has 4 nitrogen and oxygen atoms in total. The highest BCUT2D eigenvalue weighted by Crippen LogP contribution is 2.16. The molecule has 1 aromatic carbocycles. The third-order valence-corrected chi connectivity index (χ3v) is 3.44. The average molecular weight is 250 g/mol. The molecule has 0 amide bonds. The fraction of sp³-hybridized carbons (Fsp3) is 0.167. The molecular weight excluding hydrogens is 236 g/mol. The molecule has 0 saturated heterocycles. The molecule has 0 spiro atoms. The fourth-order valence-electron chi connectivity index (χ4n) is 1.26. The predicted octanol–water partition coefficient (Wildman–Crippen LogP) is 1.15. The van der Waals surface area contributed by atoms with Crippen LogP contribution in [0, 0.1) is 12.3 Å². The van der Waals surface area contributed by atoms with Crippen LogP contribution >= 0.6 is 0 Å². The number of rotatable bonds is 6. The molecule has 0 aromatic heterocycles. The van der Waals surface area contributed by atoms with Crippen LogP contribution < -0.4 is 9.03 Å². The van der Waals surface area contributed by atoms with Crippen molar-refractivity contribution in [3.63, 3.8) is 0 Å². The second kappa shape index (κ2) is 6.09. The van der Waals surface area contributed by atoms with Crippen molar-refractivity contribution in [3.8, 4) is 12.3 Å². The van der Waals surface area contributed by atoms with Crippen LogP contribution in [-0.2, 0) is 10.2 Å². The maximum Gasteiger partial charge on any atom is 0.302 e. The topological polar surface area (TPSA) is 49.4 Å². The fourth-order valence-corrected chi connectivity index (χ4v) is 2.39. The number of hydrogen-bond acceptors (Lipinski definition) is 2. The van der Waals surface area contributed by atoms with Crippen molar-refractivity contribution in [2.24, 2.45) is 0 Å². The number of anilines is 1. The van der Waals surface area contributed by atoms with Gasteiger partial charge in [-0.05, 0) is 12.1 Å². The van der Waals surface area contributed by atoms with E-state index in [0.29, 0.717) is 5.69 Å². The van der Waals surface area contributed by atoms with E-state index in [9.17, 15) is 8.42 Å². The maximum atomic E-state index is 12.0. The smallest absolute Gasteiger partial charge is 0.254 e. The van der Waals surface area contributed by atoms with E-state index in [4.69, 9.17) is 6.42 Å². The Kier molecular flexibility index (Phi) is 4.76. The lowest BCUT2D eigenvalue weighted by Gasteiger charge is -2.22. The minimum Gasteiger partial charge on any atom is -0.254 e. The van der Waals surface area contributed by atoms with Crippen LogP contribution in [0.3, 0.4) is 0 Å². The minimum atomic E-state index is -3.63. The van der Waals surface area contributed by atoms with Crippen molar-refractivity contribution in [2.75, 3.05) is 17.4 Å². The van der Waals surface area contributed by atoms with Gasteiger partial charge in [-0.2, -0.15) is 13.1 Å². The van der Waals surface area contributed by atoms with Gasteiger partial charge in [0.15, 0.2) is 0 Å². The summed E-state index contributed by atoms with van der Waals surface area (Å²) in [5.74, 6) is 2.23. The van der Waals surface area contributed by atoms with Gasteiger partial charge in [-0.1, -0.05) is 30.2 Å². The number of hydrogen-bond donors (Lipinski definition) is 1. The number of nitrogens with zero attached hydrogens (tertiary/aromatic N) is 1. The number of nitrogens with one attached hydrogen (secondary N) is 1. The van der Waals surface area contributed by atoms with E-state index < -0.39 is 10.2 Å². The van der Waals surface area contributed by atoms with Crippen molar-refractivity contribution in [3.05, 3.63) is 43.0 Å². The van der Waals surface area contributed by atoms with E-state index in [1.165, 1.54) is 10.4 Å². The maximum absolute atomic E-state index is 12.0. The monoisotopic (exact) mass is 250 g/mol. The van der Waals surface area contributed by atoms with Gasteiger partial charge in [0.25, 0.3) is 0 Å². The molecule has 0 atom stereocenters. The van der Waals surface area contributed by atoms with Crippen molar-refractivity contribution in [1.82, 2.24) is 4.72 Å². The van der Waals surface area contributed by atoms with E-state index in [2.05, 4.69) is 17.2 Å². The summed E-state index contributed by atoms with van der Waals surface area (Å²) in [4.78, 5) is 0. The Balaban J connectivity index is 3.02. The Hall–Kier alpha value is -1.77. The van der Waals surface area contributed by atoms with Crippen LogP contribution in [0.4, 0.5) is 5.69 Å². The molecule has 0 radical (unpaired) electrons. The molecule has 1 aromatic rings. The highest BCUT2D eigenvalue weighted by Gasteiger charge is 2.19. The van der Waals surface area contributed by atoms with Crippen molar-refractivity contribution in [1.29, 1.82) is 0 Å². The molecule has 0 unspecified atom stereocenters. The molecule has 5 heteroatoms. The molecule has 0 aliphatic carbocycles. The minimum absolute atomic E-state index is 0.0389. The summed E-state index contributed by atoms with van der Waals surface area (Å²) >= 11 is 0. The van der Waals surface area contributed by atoms with E-state index in [1.807, 2.05) is 6.07 Å². The lowest BCUT2D eigenvalue weighted by atomic mass is 10.3. The summed E-state index contributed by atoms with van der Waals surface area (Å²) in [5.41, 5.74) is 0.567. The first kappa shape index (κ1) is 13.3. The standard InChI is InChI=1S/C12H14N2O2S/c1-3-10-13-17(15,16)14(11-4-2)12-8-6-5-7-9-12/h1,4-9,13H,2,10-11H2. The third kappa shape index (κ3) is 3.63. The largest absolute Gasteiger partial charge is 0.302 e. The lowest BCUT2D eigenvalue weighted by Crippen LogP contribution is -2.41. The predicted molar refractivity (Wildman–Crippen MR) is 69.7 cm³/mol. The van der Waals surface area contributed by atoms with Gasteiger partial charge in [-0.15, -0.1) is 13.0 Å². The Morgan fingerprint density at radius 2 is 2.06 bits per heavy atom. The Bertz CT molecular complexity index is 503. The summed E-state index contributed by atoms with van der Waals surface area (Å²) in [6, 6.07) is 8.76. The first-order valence-electron chi connectivity index (χ1n) is 4.98. The van der Waals surface area contributed by atoms with E-state index in [0.717, 1.165) is 0 Å². The molecule has 0 saturated carbocycles. The number of terminal acetylenes is 1. The molecule has 0 bridgehead atoms. The number of benzene rings is 1. The number of para-hydroxylation sites is 1. The van der Waals surface area contributed by atoms with Gasteiger partial charge in [0.1, 0.15) is 0 Å². The summed E-state index contributed by atoms with van der Waals surface area (Å²) in [6.45, 7) is 3.69. The van der Waals surface area contributed by atoms with Gasteiger partial charge in [0.05, 0.1) is 18.8 Å². The van der Waals surface area contributed by atoms with Gasteiger partial charge in [-0.3, -0.25) is 4.31 Å². The highest BCUT2D eigenvalue weighted by molar-refractivity contribution is 7.90. The first-order valence-corrected chi connectivity index (χ1v) is 6.42. The van der Waals surface area contributed by atoms with Crippen LogP contribution in [0.1, 0.15) is 0 Å². The van der Waals surface area contributed by atoms with Gasteiger partial charge >= 0.3 is 10.2 Å². The zero-order chi connectivity index (χ0) is 12.7. The summed E-state index contributed by atoms with van der Waals surface area (Å²) < 4.78 is 27.4. The normalized spacial score (nSPS) is 10.5. The van der Waals surface area contributed by atoms with Gasteiger partial charge in [0.2, 0.25) is 0 Å². The second-order valence-electron chi connectivity index (χ2n) is 3.19.